The van der Waals surface area contributed by atoms with Gasteiger partial charge in [0.2, 0.25) is 5.91 Å². The molecule has 0 saturated heterocycles. The molecule has 0 spiro atoms. The third-order valence-corrected chi connectivity index (χ3v) is 3.76. The van der Waals surface area contributed by atoms with Crippen molar-refractivity contribution in [2.75, 3.05) is 19.6 Å². The maximum absolute atomic E-state index is 12.3. The molecule has 0 atom stereocenters. The first-order valence-corrected chi connectivity index (χ1v) is 7.60. The van der Waals surface area contributed by atoms with Gasteiger partial charge in [-0.15, -0.1) is 11.3 Å². The van der Waals surface area contributed by atoms with E-state index in [2.05, 4.69) is 10.5 Å². The van der Waals surface area contributed by atoms with E-state index in [1.54, 1.807) is 6.07 Å². The fraction of sp³-hybridized carbons (Fsp3) is 0.357. The highest BCUT2D eigenvalue weighted by Gasteiger charge is 2.21. The second kappa shape index (κ2) is 7.03. The highest BCUT2D eigenvalue weighted by Crippen LogP contribution is 2.25. The van der Waals surface area contributed by atoms with Crippen LogP contribution in [0, 0.1) is 0 Å². The van der Waals surface area contributed by atoms with Crippen molar-refractivity contribution < 1.29 is 14.1 Å². The Labute approximate surface area is 126 Å². The van der Waals surface area contributed by atoms with Crippen molar-refractivity contribution in [3.63, 3.8) is 0 Å². The van der Waals surface area contributed by atoms with Gasteiger partial charge in [0.05, 0.1) is 11.4 Å². The number of carbonyl (C=O) groups excluding carboxylic acids is 2. The van der Waals surface area contributed by atoms with Gasteiger partial charge in [0.15, 0.2) is 11.5 Å². The number of rotatable bonds is 6. The Morgan fingerprint density at radius 3 is 2.86 bits per heavy atom. The van der Waals surface area contributed by atoms with Crippen LogP contribution in [0.5, 0.6) is 0 Å². The molecule has 6 nitrogen and oxygen atoms in total. The van der Waals surface area contributed by atoms with Crippen molar-refractivity contribution >= 4 is 23.2 Å². The molecule has 0 radical (unpaired) electrons. The van der Waals surface area contributed by atoms with Crippen molar-refractivity contribution in [1.29, 1.82) is 0 Å². The van der Waals surface area contributed by atoms with E-state index in [1.807, 2.05) is 31.4 Å². The van der Waals surface area contributed by atoms with Crippen molar-refractivity contribution in [1.82, 2.24) is 15.4 Å². The van der Waals surface area contributed by atoms with E-state index in [0.29, 0.717) is 18.8 Å². The lowest BCUT2D eigenvalue weighted by Gasteiger charge is -2.18. The fourth-order valence-electron chi connectivity index (χ4n) is 1.83. The number of hydrogen-bond donors (Lipinski definition) is 1. The molecule has 7 heteroatoms. The van der Waals surface area contributed by atoms with Crippen LogP contribution in [0.15, 0.2) is 28.1 Å². The highest BCUT2D eigenvalue weighted by molar-refractivity contribution is 7.13. The van der Waals surface area contributed by atoms with Gasteiger partial charge in [0, 0.05) is 19.2 Å². The molecule has 0 aliphatic rings. The summed E-state index contributed by atoms with van der Waals surface area (Å²) in [5.74, 6) is 0.0624. The Balaban J connectivity index is 2.09. The molecule has 0 fully saturated rings. The van der Waals surface area contributed by atoms with Crippen molar-refractivity contribution in [3.05, 3.63) is 29.3 Å². The lowest BCUT2D eigenvalue weighted by molar-refractivity contribution is -0.121. The van der Waals surface area contributed by atoms with Crippen molar-refractivity contribution in [2.45, 2.75) is 13.8 Å². The average Bonchev–Trinajstić information content (AvgIpc) is 3.14. The average molecular weight is 307 g/mol. The Bertz CT molecular complexity index is 607. The van der Waals surface area contributed by atoms with Gasteiger partial charge in [-0.1, -0.05) is 11.2 Å². The molecule has 2 heterocycles. The van der Waals surface area contributed by atoms with E-state index in [0.717, 1.165) is 4.88 Å². The maximum atomic E-state index is 12.3. The van der Waals surface area contributed by atoms with E-state index in [9.17, 15) is 9.59 Å². The monoisotopic (exact) mass is 307 g/mol. The first-order valence-electron chi connectivity index (χ1n) is 6.72. The van der Waals surface area contributed by atoms with Crippen LogP contribution in [0.25, 0.3) is 10.6 Å². The molecule has 2 rings (SSSR count). The third kappa shape index (κ3) is 3.69. The van der Waals surface area contributed by atoms with E-state index in [-0.39, 0.29) is 24.1 Å². The number of nitrogens with one attached hydrogen (secondary N) is 1. The van der Waals surface area contributed by atoms with Gasteiger partial charge in [-0.3, -0.25) is 9.59 Å². The van der Waals surface area contributed by atoms with Crippen LogP contribution < -0.4 is 5.32 Å². The smallest absolute Gasteiger partial charge is 0.276 e. The zero-order chi connectivity index (χ0) is 15.2. The number of likely N-dealkylation sites (N-methyl/N-ethyl adjacent to an activating group) is 2. The summed E-state index contributed by atoms with van der Waals surface area (Å²) >= 11 is 1.51. The standard InChI is InChI=1S/C14H17N3O3S/c1-3-15-13(18)9-17(4-2)14(19)10-8-11(20-16-10)12-6-5-7-21-12/h5-8H,3-4,9H2,1-2H3,(H,15,18). The zero-order valence-corrected chi connectivity index (χ0v) is 12.8. The third-order valence-electron chi connectivity index (χ3n) is 2.87. The normalized spacial score (nSPS) is 10.4. The van der Waals surface area contributed by atoms with Crippen molar-refractivity contribution in [2.24, 2.45) is 0 Å². The maximum Gasteiger partial charge on any atom is 0.276 e. The Morgan fingerprint density at radius 2 is 2.24 bits per heavy atom. The Morgan fingerprint density at radius 1 is 1.43 bits per heavy atom. The summed E-state index contributed by atoms with van der Waals surface area (Å²) in [4.78, 5) is 26.3. The number of aromatic nitrogens is 1. The highest BCUT2D eigenvalue weighted by atomic mass is 32.1. The largest absolute Gasteiger partial charge is 0.355 e. The summed E-state index contributed by atoms with van der Waals surface area (Å²) in [5.41, 5.74) is 0.213. The molecule has 0 aliphatic heterocycles. The first kappa shape index (κ1) is 15.2. The lowest BCUT2D eigenvalue weighted by Crippen LogP contribution is -2.40. The second-order valence-corrected chi connectivity index (χ2v) is 5.27. The lowest BCUT2D eigenvalue weighted by atomic mass is 10.3. The minimum atomic E-state index is -0.310. The van der Waals surface area contributed by atoms with Crippen LogP contribution in [-0.2, 0) is 4.79 Å². The van der Waals surface area contributed by atoms with Crippen LogP contribution in [0.2, 0.25) is 0 Å². The van der Waals surface area contributed by atoms with Gasteiger partial charge >= 0.3 is 0 Å². The zero-order valence-electron chi connectivity index (χ0n) is 12.0. The van der Waals surface area contributed by atoms with E-state index in [1.165, 1.54) is 16.2 Å². The molecule has 0 unspecified atom stereocenters. The summed E-state index contributed by atoms with van der Waals surface area (Å²) < 4.78 is 5.19. The first-order chi connectivity index (χ1) is 10.2. The Hall–Kier alpha value is -2.15. The van der Waals surface area contributed by atoms with Crippen LogP contribution in [0.4, 0.5) is 0 Å². The SMILES string of the molecule is CCNC(=O)CN(CC)C(=O)c1cc(-c2cccs2)on1. The molecule has 0 bridgehead atoms. The van der Waals surface area contributed by atoms with E-state index < -0.39 is 0 Å². The molecule has 21 heavy (non-hydrogen) atoms. The molecule has 2 amide bonds. The van der Waals surface area contributed by atoms with Crippen LogP contribution in [0.1, 0.15) is 24.3 Å². The quantitative estimate of drug-likeness (QED) is 0.885. The summed E-state index contributed by atoms with van der Waals surface area (Å²) in [7, 11) is 0. The number of thiophene rings is 1. The number of carbonyl (C=O) groups is 2. The van der Waals surface area contributed by atoms with Gasteiger partial charge in [0.1, 0.15) is 0 Å². The molecule has 0 aromatic carbocycles. The molecule has 2 aromatic heterocycles. The molecule has 2 aromatic rings. The van der Waals surface area contributed by atoms with Gasteiger partial charge in [-0.25, -0.2) is 0 Å². The van der Waals surface area contributed by atoms with Gasteiger partial charge in [-0.2, -0.15) is 0 Å². The minimum absolute atomic E-state index is 0.0182. The topological polar surface area (TPSA) is 75.4 Å². The Kier molecular flexibility index (Phi) is 5.10. The van der Waals surface area contributed by atoms with Crippen LogP contribution >= 0.6 is 11.3 Å². The molecule has 0 saturated carbocycles. The predicted octanol–water partition coefficient (Wildman–Crippen LogP) is 2.00. The number of amides is 2. The molecular weight excluding hydrogens is 290 g/mol. The molecule has 112 valence electrons. The van der Waals surface area contributed by atoms with Crippen molar-refractivity contribution in [3.8, 4) is 10.6 Å². The number of hydrogen-bond acceptors (Lipinski definition) is 5. The minimum Gasteiger partial charge on any atom is -0.355 e. The molecule has 1 N–H and O–H groups in total. The predicted molar refractivity (Wildman–Crippen MR) is 80.1 cm³/mol. The summed E-state index contributed by atoms with van der Waals surface area (Å²) in [5, 5.41) is 8.40. The van der Waals surface area contributed by atoms with E-state index >= 15 is 0 Å². The van der Waals surface area contributed by atoms with Crippen LogP contribution in [-0.4, -0.2) is 41.5 Å². The fourth-order valence-corrected chi connectivity index (χ4v) is 2.50. The van der Waals surface area contributed by atoms with Gasteiger partial charge in [0.25, 0.3) is 5.91 Å². The summed E-state index contributed by atoms with van der Waals surface area (Å²) in [6.07, 6.45) is 0. The summed E-state index contributed by atoms with van der Waals surface area (Å²) in [6, 6.07) is 5.40. The van der Waals surface area contributed by atoms with Crippen LogP contribution in [0.3, 0.4) is 0 Å². The molecule has 0 aliphatic carbocycles. The van der Waals surface area contributed by atoms with Gasteiger partial charge < -0.3 is 14.7 Å². The van der Waals surface area contributed by atoms with Gasteiger partial charge in [-0.05, 0) is 25.3 Å². The number of nitrogens with zero attached hydrogens (tertiary/aromatic N) is 2. The molecular formula is C14H17N3O3S. The summed E-state index contributed by atoms with van der Waals surface area (Å²) in [6.45, 7) is 4.64. The second-order valence-electron chi connectivity index (χ2n) is 4.33. The van der Waals surface area contributed by atoms with E-state index in [4.69, 9.17) is 4.52 Å².